The Kier molecular flexibility index (Phi) is 8.00. The number of rotatable bonds is 10. The number of carbonyl (C=O) groups excluding carboxylic acids is 2. The van der Waals surface area contributed by atoms with Crippen molar-refractivity contribution >= 4 is 23.4 Å². The number of nitrogens with one attached hydrogen (secondary N) is 2. The van der Waals surface area contributed by atoms with Crippen LogP contribution in [0, 0.1) is 0 Å². The molecule has 2 rings (SSSR count). The summed E-state index contributed by atoms with van der Waals surface area (Å²) in [7, 11) is 0. The van der Waals surface area contributed by atoms with Crippen LogP contribution in [0.25, 0.3) is 0 Å². The zero-order chi connectivity index (χ0) is 19.6. The summed E-state index contributed by atoms with van der Waals surface area (Å²) < 4.78 is 16.3. The molecule has 2 N–H and O–H groups in total. The number of halogens is 1. The summed E-state index contributed by atoms with van der Waals surface area (Å²) in [5.41, 5.74) is 0.283. The maximum Gasteiger partial charge on any atom is 0.251 e. The molecule has 27 heavy (non-hydrogen) atoms. The molecule has 0 aliphatic carbocycles. The molecule has 0 unspecified atom stereocenters. The van der Waals surface area contributed by atoms with E-state index in [1.165, 1.54) is 12.3 Å². The lowest BCUT2D eigenvalue weighted by Gasteiger charge is -2.15. The summed E-state index contributed by atoms with van der Waals surface area (Å²) in [5.74, 6) is 0.663. The van der Waals surface area contributed by atoms with Gasteiger partial charge >= 0.3 is 0 Å². The Balaban J connectivity index is 1.97. The standard InChI is InChI=1S/C19H23ClN2O5/c1-3-7-27-18-15(20)9-13(10-16(18)25-4-2)19(24)22-12-17(23)21-11-14-6-5-8-26-14/h5-6,8-10H,3-4,7,11-12H2,1-2H3,(H,21,23)(H,22,24). The minimum atomic E-state index is -0.437. The van der Waals surface area contributed by atoms with Crippen molar-refractivity contribution in [3.05, 3.63) is 46.9 Å². The van der Waals surface area contributed by atoms with Gasteiger partial charge in [0.2, 0.25) is 5.91 Å². The average molecular weight is 395 g/mol. The van der Waals surface area contributed by atoms with Crippen LogP contribution < -0.4 is 20.1 Å². The van der Waals surface area contributed by atoms with E-state index in [0.29, 0.717) is 30.5 Å². The van der Waals surface area contributed by atoms with Crippen molar-refractivity contribution < 1.29 is 23.5 Å². The Morgan fingerprint density at radius 3 is 2.67 bits per heavy atom. The van der Waals surface area contributed by atoms with Crippen molar-refractivity contribution in [2.24, 2.45) is 0 Å². The molecule has 0 saturated carbocycles. The largest absolute Gasteiger partial charge is 0.490 e. The molecule has 146 valence electrons. The van der Waals surface area contributed by atoms with Crippen molar-refractivity contribution in [2.45, 2.75) is 26.8 Å². The van der Waals surface area contributed by atoms with Crippen molar-refractivity contribution in [1.82, 2.24) is 10.6 Å². The lowest BCUT2D eigenvalue weighted by molar-refractivity contribution is -0.120. The summed E-state index contributed by atoms with van der Waals surface area (Å²) in [5, 5.41) is 5.48. The van der Waals surface area contributed by atoms with Gasteiger partial charge in [-0.25, -0.2) is 0 Å². The number of ether oxygens (including phenoxy) is 2. The van der Waals surface area contributed by atoms with Crippen molar-refractivity contribution in [2.75, 3.05) is 19.8 Å². The highest BCUT2D eigenvalue weighted by atomic mass is 35.5. The zero-order valence-electron chi connectivity index (χ0n) is 15.3. The highest BCUT2D eigenvalue weighted by Crippen LogP contribution is 2.36. The Bertz CT molecular complexity index is 762. The first kappa shape index (κ1) is 20.6. The van der Waals surface area contributed by atoms with E-state index in [9.17, 15) is 9.59 Å². The maximum absolute atomic E-state index is 12.4. The summed E-state index contributed by atoms with van der Waals surface area (Å²) >= 11 is 6.24. The van der Waals surface area contributed by atoms with E-state index in [1.54, 1.807) is 18.2 Å². The van der Waals surface area contributed by atoms with Gasteiger partial charge in [0.05, 0.1) is 37.6 Å². The lowest BCUT2D eigenvalue weighted by atomic mass is 10.2. The third-order valence-corrected chi connectivity index (χ3v) is 3.75. The predicted octanol–water partition coefficient (Wildman–Crippen LogP) is 3.17. The minimum Gasteiger partial charge on any atom is -0.490 e. The zero-order valence-corrected chi connectivity index (χ0v) is 16.1. The summed E-state index contributed by atoms with van der Waals surface area (Å²) in [6.07, 6.45) is 2.34. The maximum atomic E-state index is 12.4. The van der Waals surface area contributed by atoms with Crippen LogP contribution in [0.3, 0.4) is 0 Å². The number of hydrogen-bond acceptors (Lipinski definition) is 5. The fourth-order valence-corrected chi connectivity index (χ4v) is 2.50. The molecule has 7 nitrogen and oxygen atoms in total. The van der Waals surface area contributed by atoms with E-state index >= 15 is 0 Å². The highest BCUT2D eigenvalue weighted by Gasteiger charge is 2.17. The van der Waals surface area contributed by atoms with Gasteiger partial charge in [0.25, 0.3) is 5.91 Å². The quantitative estimate of drug-likeness (QED) is 0.646. The molecule has 2 amide bonds. The molecule has 2 aromatic rings. The Hall–Kier alpha value is -2.67. The highest BCUT2D eigenvalue weighted by molar-refractivity contribution is 6.32. The first-order valence-electron chi connectivity index (χ1n) is 8.71. The lowest BCUT2D eigenvalue weighted by Crippen LogP contribution is -2.36. The second-order valence-corrected chi connectivity index (χ2v) is 6.01. The third kappa shape index (κ3) is 6.21. The third-order valence-electron chi connectivity index (χ3n) is 3.47. The first-order valence-corrected chi connectivity index (χ1v) is 9.09. The van der Waals surface area contributed by atoms with Crippen LogP contribution in [0.1, 0.15) is 36.4 Å². The van der Waals surface area contributed by atoms with Crippen molar-refractivity contribution in [3.8, 4) is 11.5 Å². The molecule has 0 bridgehead atoms. The molecule has 1 aromatic heterocycles. The molecule has 0 saturated heterocycles. The molecular weight excluding hydrogens is 372 g/mol. The molecule has 1 aromatic carbocycles. The van der Waals surface area contributed by atoms with Gasteiger partial charge in [0.1, 0.15) is 5.76 Å². The molecule has 8 heteroatoms. The van der Waals surface area contributed by atoms with Gasteiger partial charge in [0.15, 0.2) is 11.5 Å². The Labute approximate surface area is 163 Å². The van der Waals surface area contributed by atoms with Crippen LogP contribution in [0.5, 0.6) is 11.5 Å². The fourth-order valence-electron chi connectivity index (χ4n) is 2.23. The number of benzene rings is 1. The van der Waals surface area contributed by atoms with Crippen molar-refractivity contribution in [3.63, 3.8) is 0 Å². The monoisotopic (exact) mass is 394 g/mol. The number of carbonyl (C=O) groups is 2. The van der Waals surface area contributed by atoms with Gasteiger partial charge in [-0.05, 0) is 37.6 Å². The van der Waals surface area contributed by atoms with Crippen LogP contribution in [0.4, 0.5) is 0 Å². The van der Waals surface area contributed by atoms with E-state index in [4.69, 9.17) is 25.5 Å². The van der Waals surface area contributed by atoms with Crippen LogP contribution in [-0.4, -0.2) is 31.6 Å². The van der Waals surface area contributed by atoms with Crippen molar-refractivity contribution in [1.29, 1.82) is 0 Å². The average Bonchev–Trinajstić information content (AvgIpc) is 3.17. The molecule has 0 spiro atoms. The summed E-state index contributed by atoms with van der Waals surface area (Å²) in [6.45, 7) is 4.78. The predicted molar refractivity (Wildman–Crippen MR) is 101 cm³/mol. The second kappa shape index (κ2) is 10.5. The summed E-state index contributed by atoms with van der Waals surface area (Å²) in [6, 6.07) is 6.52. The first-order chi connectivity index (χ1) is 13.0. The van der Waals surface area contributed by atoms with E-state index in [0.717, 1.165) is 6.42 Å². The molecule has 0 fully saturated rings. The van der Waals surface area contributed by atoms with Gasteiger partial charge in [0, 0.05) is 5.56 Å². The molecule has 1 heterocycles. The Morgan fingerprint density at radius 2 is 2.00 bits per heavy atom. The second-order valence-electron chi connectivity index (χ2n) is 5.61. The number of hydrogen-bond donors (Lipinski definition) is 2. The van der Waals surface area contributed by atoms with E-state index in [1.807, 2.05) is 13.8 Å². The van der Waals surface area contributed by atoms with Crippen LogP contribution >= 0.6 is 11.6 Å². The van der Waals surface area contributed by atoms with Crippen LogP contribution in [0.15, 0.2) is 34.9 Å². The molecule has 0 radical (unpaired) electrons. The molecular formula is C19H23ClN2O5. The number of furan rings is 1. The van der Waals surface area contributed by atoms with Gasteiger partial charge in [-0.2, -0.15) is 0 Å². The summed E-state index contributed by atoms with van der Waals surface area (Å²) in [4.78, 5) is 24.2. The fraction of sp³-hybridized carbons (Fsp3) is 0.368. The van der Waals surface area contributed by atoms with Crippen LogP contribution in [0.2, 0.25) is 5.02 Å². The molecule has 0 aliphatic heterocycles. The number of amides is 2. The molecule has 0 aliphatic rings. The van der Waals surface area contributed by atoms with Gasteiger partial charge in [-0.1, -0.05) is 18.5 Å². The van der Waals surface area contributed by atoms with Gasteiger partial charge < -0.3 is 24.5 Å². The normalized spacial score (nSPS) is 10.3. The Morgan fingerprint density at radius 1 is 1.19 bits per heavy atom. The van der Waals surface area contributed by atoms with Gasteiger partial charge in [-0.15, -0.1) is 0 Å². The minimum absolute atomic E-state index is 0.171. The van der Waals surface area contributed by atoms with Crippen LogP contribution in [-0.2, 0) is 11.3 Å². The van der Waals surface area contributed by atoms with Gasteiger partial charge in [-0.3, -0.25) is 9.59 Å². The smallest absolute Gasteiger partial charge is 0.251 e. The van der Waals surface area contributed by atoms with E-state index < -0.39 is 5.91 Å². The topological polar surface area (TPSA) is 89.8 Å². The SMILES string of the molecule is CCCOc1c(Cl)cc(C(=O)NCC(=O)NCc2ccco2)cc1OCC. The van der Waals surface area contributed by atoms with E-state index in [2.05, 4.69) is 10.6 Å². The molecule has 0 atom stereocenters. The van der Waals surface area contributed by atoms with E-state index in [-0.39, 0.29) is 29.6 Å².